The van der Waals surface area contributed by atoms with Gasteiger partial charge in [0.25, 0.3) is 0 Å². The summed E-state index contributed by atoms with van der Waals surface area (Å²) in [6, 6.07) is 13.9. The van der Waals surface area contributed by atoms with E-state index in [0.717, 1.165) is 51.0 Å². The minimum absolute atomic E-state index is 0.0124. The van der Waals surface area contributed by atoms with E-state index in [0.29, 0.717) is 0 Å². The Bertz CT molecular complexity index is 899. The van der Waals surface area contributed by atoms with Crippen LogP contribution in [0.25, 0.3) is 0 Å². The van der Waals surface area contributed by atoms with Crippen LogP contribution in [0.3, 0.4) is 0 Å². The number of fused-ring (bicyclic) bond motifs is 1. The summed E-state index contributed by atoms with van der Waals surface area (Å²) in [5, 5.41) is 0. The molecule has 2 aliphatic rings. The number of halogens is 1. The van der Waals surface area contributed by atoms with Crippen LogP contribution >= 0.6 is 15.9 Å². The van der Waals surface area contributed by atoms with Gasteiger partial charge in [-0.2, -0.15) is 0 Å². The molecule has 128 valence electrons. The summed E-state index contributed by atoms with van der Waals surface area (Å²) in [4.78, 5) is 19.8. The zero-order chi connectivity index (χ0) is 17.6. The van der Waals surface area contributed by atoms with E-state index in [1.807, 2.05) is 36.4 Å². The van der Waals surface area contributed by atoms with Gasteiger partial charge in [0, 0.05) is 0 Å². The van der Waals surface area contributed by atoms with Gasteiger partial charge in [-0.15, -0.1) is 0 Å². The molecule has 0 aromatic heterocycles. The zero-order valence-electron chi connectivity index (χ0n) is 13.8. The van der Waals surface area contributed by atoms with Crippen LogP contribution < -0.4 is 4.74 Å². The molecule has 1 amide bonds. The van der Waals surface area contributed by atoms with Gasteiger partial charge >= 0.3 is 164 Å². The van der Waals surface area contributed by atoms with Crippen molar-refractivity contribution in [2.24, 2.45) is 4.99 Å². The van der Waals surface area contributed by atoms with Crippen LogP contribution in [0.15, 0.2) is 51.9 Å². The van der Waals surface area contributed by atoms with E-state index in [1.54, 1.807) is 11.9 Å². The number of aliphatic imine (C=N–C) groups is 1. The Morgan fingerprint density at radius 2 is 2.04 bits per heavy atom. The van der Waals surface area contributed by atoms with Crippen molar-refractivity contribution in [2.75, 3.05) is 13.7 Å². The SMILES string of the molecule is CN1C(=O)C(c2cccc(Br)c2)(c2ccc3c(c2)CCCO3)N=C1[AsH2]. The third-order valence-corrected chi connectivity index (χ3v) is 6.39. The Hall–Kier alpha value is -1.58. The average Bonchev–Trinajstić information content (AvgIpc) is 2.86. The molecule has 2 aliphatic heterocycles. The monoisotopic (exact) mass is 460 g/mol. The number of amides is 1. The molecule has 0 aliphatic carbocycles. The van der Waals surface area contributed by atoms with E-state index in [2.05, 4.69) is 22.0 Å². The topological polar surface area (TPSA) is 41.9 Å². The molecule has 6 heteroatoms. The molecule has 0 radical (unpaired) electrons. The average molecular weight is 461 g/mol. The fraction of sp³-hybridized carbons (Fsp3) is 0.263. The van der Waals surface area contributed by atoms with Crippen LogP contribution in [-0.4, -0.2) is 45.9 Å². The summed E-state index contributed by atoms with van der Waals surface area (Å²) in [7, 11) is 1.80. The number of carbonyl (C=O) groups is 1. The Labute approximate surface area is 163 Å². The van der Waals surface area contributed by atoms with Crippen molar-refractivity contribution in [3.05, 3.63) is 63.6 Å². The van der Waals surface area contributed by atoms with Crippen molar-refractivity contribution >= 4 is 43.3 Å². The summed E-state index contributed by atoms with van der Waals surface area (Å²) in [6.45, 7) is 0.755. The standard InChI is InChI=1S/C19H18AsBrN2O2/c1-23-17(24)19(22-18(23)20,13-5-2-6-15(21)11-13)14-7-8-16-12(10-14)4-3-9-25-16/h2,5-8,10-11H,3-4,9,20H2,1H3. The number of ether oxygens (including phenoxy) is 1. The fourth-order valence-corrected chi connectivity index (χ4v) is 4.53. The third kappa shape index (κ3) is 2.65. The second-order valence-corrected chi connectivity index (χ2v) is 8.33. The van der Waals surface area contributed by atoms with Crippen molar-refractivity contribution in [3.63, 3.8) is 0 Å². The molecule has 2 aromatic rings. The molecule has 0 fully saturated rings. The predicted molar refractivity (Wildman–Crippen MR) is 104 cm³/mol. The second kappa shape index (κ2) is 6.30. The van der Waals surface area contributed by atoms with Gasteiger partial charge in [-0.25, -0.2) is 0 Å². The first-order valence-corrected chi connectivity index (χ1v) is 10.2. The van der Waals surface area contributed by atoms with Gasteiger partial charge < -0.3 is 0 Å². The summed E-state index contributed by atoms with van der Waals surface area (Å²) in [6.07, 6.45) is 1.97. The molecule has 0 bridgehead atoms. The Balaban J connectivity index is 1.95. The van der Waals surface area contributed by atoms with E-state index in [9.17, 15) is 4.79 Å². The van der Waals surface area contributed by atoms with Crippen LogP contribution in [-0.2, 0) is 16.8 Å². The van der Waals surface area contributed by atoms with E-state index >= 15 is 0 Å². The molecule has 2 atom stereocenters. The third-order valence-electron chi connectivity index (χ3n) is 4.81. The Morgan fingerprint density at radius 1 is 1.24 bits per heavy atom. The maximum absolute atomic E-state index is 13.3. The van der Waals surface area contributed by atoms with Crippen LogP contribution in [0, 0.1) is 0 Å². The molecular formula is C19H18AsBrN2O2. The van der Waals surface area contributed by atoms with Crippen molar-refractivity contribution < 1.29 is 9.53 Å². The van der Waals surface area contributed by atoms with Gasteiger partial charge in [-0.3, -0.25) is 0 Å². The molecule has 4 nitrogen and oxygen atoms in total. The molecule has 2 aromatic carbocycles. The predicted octanol–water partition coefficient (Wildman–Crippen LogP) is 2.48. The number of benzene rings is 2. The molecule has 0 saturated heterocycles. The quantitative estimate of drug-likeness (QED) is 0.646. The van der Waals surface area contributed by atoms with E-state index in [-0.39, 0.29) is 5.91 Å². The second-order valence-electron chi connectivity index (χ2n) is 6.33. The van der Waals surface area contributed by atoms with E-state index < -0.39 is 5.54 Å². The van der Waals surface area contributed by atoms with Gasteiger partial charge in [0.2, 0.25) is 0 Å². The molecule has 0 saturated carbocycles. The van der Waals surface area contributed by atoms with Gasteiger partial charge in [0.1, 0.15) is 0 Å². The number of amidine groups is 1. The molecule has 4 rings (SSSR count). The van der Waals surface area contributed by atoms with Gasteiger partial charge in [0.15, 0.2) is 0 Å². The van der Waals surface area contributed by atoms with Crippen LogP contribution in [0.2, 0.25) is 0 Å². The number of aryl methyl sites for hydroxylation is 1. The summed E-state index contributed by atoms with van der Waals surface area (Å²) < 4.78 is 7.45. The van der Waals surface area contributed by atoms with Crippen molar-refractivity contribution in [3.8, 4) is 5.75 Å². The summed E-state index contributed by atoms with van der Waals surface area (Å²) >= 11 is 4.88. The van der Waals surface area contributed by atoms with E-state index in [4.69, 9.17) is 9.73 Å². The van der Waals surface area contributed by atoms with Crippen LogP contribution in [0.1, 0.15) is 23.1 Å². The normalized spacial score (nSPS) is 22.4. The van der Waals surface area contributed by atoms with Crippen molar-refractivity contribution in [2.45, 2.75) is 18.4 Å². The first-order chi connectivity index (χ1) is 12.0. The molecule has 25 heavy (non-hydrogen) atoms. The molecule has 0 N–H and O–H groups in total. The summed E-state index contributed by atoms with van der Waals surface area (Å²) in [5.74, 6) is 0.907. The Kier molecular flexibility index (Phi) is 4.25. The number of nitrogens with zero attached hydrogens (tertiary/aromatic N) is 2. The zero-order valence-corrected chi connectivity index (χ0v) is 17.8. The van der Waals surface area contributed by atoms with Crippen LogP contribution in [0.5, 0.6) is 5.75 Å². The fourth-order valence-electron chi connectivity index (χ4n) is 3.48. The first-order valence-electron chi connectivity index (χ1n) is 8.18. The maximum atomic E-state index is 13.3. The number of carbonyl (C=O) groups excluding carboxylic acids is 1. The minimum atomic E-state index is -1.02. The first kappa shape index (κ1) is 16.9. The molecule has 2 heterocycles. The van der Waals surface area contributed by atoms with Crippen molar-refractivity contribution in [1.29, 1.82) is 0 Å². The number of likely N-dealkylation sites (N-methyl/N-ethyl adjacent to an activating group) is 1. The van der Waals surface area contributed by atoms with Crippen molar-refractivity contribution in [1.82, 2.24) is 4.90 Å². The Morgan fingerprint density at radius 3 is 2.76 bits per heavy atom. The van der Waals surface area contributed by atoms with E-state index in [1.165, 1.54) is 16.9 Å². The number of hydrogen-bond acceptors (Lipinski definition) is 3. The number of hydrogen-bond donors (Lipinski definition) is 0. The number of rotatable bonds is 2. The molecule has 2 unspecified atom stereocenters. The van der Waals surface area contributed by atoms with Gasteiger partial charge in [0.05, 0.1) is 0 Å². The van der Waals surface area contributed by atoms with Gasteiger partial charge in [-0.1, -0.05) is 0 Å². The van der Waals surface area contributed by atoms with Gasteiger partial charge in [-0.05, 0) is 0 Å². The molecular weight excluding hydrogens is 443 g/mol. The summed E-state index contributed by atoms with van der Waals surface area (Å²) in [5.41, 5.74) is 1.91. The molecule has 0 spiro atoms. The van der Waals surface area contributed by atoms with Crippen LogP contribution in [0.4, 0.5) is 0 Å².